The monoisotopic (exact) mass is 280 g/mol. The highest BCUT2D eigenvalue weighted by molar-refractivity contribution is 9.10. The molecule has 3 nitrogen and oxygen atoms in total. The number of nitrogens with zero attached hydrogens (tertiary/aromatic N) is 2. The summed E-state index contributed by atoms with van der Waals surface area (Å²) in [4.78, 5) is 0. The average molecular weight is 281 g/mol. The van der Waals surface area contributed by atoms with Crippen molar-refractivity contribution >= 4 is 26.7 Å². The number of halogens is 1. The van der Waals surface area contributed by atoms with E-state index in [1.165, 1.54) is 0 Å². The van der Waals surface area contributed by atoms with E-state index in [0.29, 0.717) is 5.88 Å². The van der Waals surface area contributed by atoms with Crippen LogP contribution in [0, 0.1) is 0 Å². The molecule has 2 rings (SSSR count). The largest absolute Gasteiger partial charge is 0.473 e. The normalized spacial score (nSPS) is 12.7. The molecule has 1 aromatic heterocycles. The van der Waals surface area contributed by atoms with Gasteiger partial charge in [0.05, 0.1) is 12.3 Å². The number of benzene rings is 1. The average Bonchev–Trinajstić information content (AvgIpc) is 2.28. The molecule has 0 amide bonds. The van der Waals surface area contributed by atoms with Crippen molar-refractivity contribution in [3.8, 4) is 5.88 Å². The Labute approximate surface area is 103 Å². The highest BCUT2D eigenvalue weighted by atomic mass is 79.9. The lowest BCUT2D eigenvalue weighted by molar-refractivity contribution is 0.209. The Bertz CT molecular complexity index is 501. The zero-order valence-corrected chi connectivity index (χ0v) is 10.9. The van der Waals surface area contributed by atoms with E-state index in [-0.39, 0.29) is 6.10 Å². The Hall–Kier alpha value is -1.16. The smallest absolute Gasteiger partial charge is 0.241 e. The Morgan fingerprint density at radius 1 is 1.44 bits per heavy atom. The summed E-state index contributed by atoms with van der Waals surface area (Å²) in [5, 5.41) is 10.0. The van der Waals surface area contributed by atoms with E-state index in [2.05, 4.69) is 33.1 Å². The number of aromatic nitrogens is 2. The van der Waals surface area contributed by atoms with Gasteiger partial charge in [-0.15, -0.1) is 5.10 Å². The van der Waals surface area contributed by atoms with Crippen molar-refractivity contribution in [1.29, 1.82) is 0 Å². The SMILES string of the molecule is CCC(C)Oc1nncc2cc(Br)ccc12. The van der Waals surface area contributed by atoms with Crippen molar-refractivity contribution in [3.63, 3.8) is 0 Å². The number of rotatable bonds is 3. The third kappa shape index (κ3) is 2.32. The van der Waals surface area contributed by atoms with Crippen molar-refractivity contribution in [2.75, 3.05) is 0 Å². The lowest BCUT2D eigenvalue weighted by Gasteiger charge is -2.12. The molecular weight excluding hydrogens is 268 g/mol. The number of fused-ring (bicyclic) bond motifs is 1. The molecule has 0 saturated carbocycles. The molecule has 0 N–H and O–H groups in total. The second-order valence-corrected chi connectivity index (χ2v) is 4.63. The summed E-state index contributed by atoms with van der Waals surface area (Å²) in [7, 11) is 0. The highest BCUT2D eigenvalue weighted by Gasteiger charge is 2.08. The second-order valence-electron chi connectivity index (χ2n) is 3.72. The van der Waals surface area contributed by atoms with Crippen molar-refractivity contribution in [2.45, 2.75) is 26.4 Å². The first kappa shape index (κ1) is 11.3. The molecule has 84 valence electrons. The molecule has 4 heteroatoms. The summed E-state index contributed by atoms with van der Waals surface area (Å²) < 4.78 is 6.76. The summed E-state index contributed by atoms with van der Waals surface area (Å²) in [5.41, 5.74) is 0. The Morgan fingerprint density at radius 3 is 3.00 bits per heavy atom. The molecule has 16 heavy (non-hydrogen) atoms. The molecule has 0 bridgehead atoms. The molecule has 1 unspecified atom stereocenters. The van der Waals surface area contributed by atoms with Crippen molar-refractivity contribution < 1.29 is 4.74 Å². The number of ether oxygens (including phenoxy) is 1. The van der Waals surface area contributed by atoms with Crippen LogP contribution in [0.4, 0.5) is 0 Å². The van der Waals surface area contributed by atoms with Gasteiger partial charge in [0.1, 0.15) is 0 Å². The molecule has 1 heterocycles. The van der Waals surface area contributed by atoms with Gasteiger partial charge >= 0.3 is 0 Å². The van der Waals surface area contributed by atoms with Gasteiger partial charge in [0.25, 0.3) is 0 Å². The predicted molar refractivity (Wildman–Crippen MR) is 67.6 cm³/mol. The van der Waals surface area contributed by atoms with Crippen molar-refractivity contribution in [1.82, 2.24) is 10.2 Å². The molecule has 2 aromatic rings. The van der Waals surface area contributed by atoms with Crippen molar-refractivity contribution in [2.24, 2.45) is 0 Å². The maximum atomic E-state index is 5.73. The van der Waals surface area contributed by atoms with Gasteiger partial charge in [-0.2, -0.15) is 5.10 Å². The van der Waals surface area contributed by atoms with E-state index >= 15 is 0 Å². The molecule has 0 saturated heterocycles. The van der Waals surface area contributed by atoms with E-state index in [4.69, 9.17) is 4.74 Å². The molecule has 0 aliphatic carbocycles. The van der Waals surface area contributed by atoms with Crippen LogP contribution in [0.1, 0.15) is 20.3 Å². The number of hydrogen-bond donors (Lipinski definition) is 0. The van der Waals surface area contributed by atoms with Crippen LogP contribution >= 0.6 is 15.9 Å². The third-order valence-corrected chi connectivity index (χ3v) is 2.97. The first-order chi connectivity index (χ1) is 7.70. The van der Waals surface area contributed by atoms with Crippen LogP contribution in [0.15, 0.2) is 28.9 Å². The van der Waals surface area contributed by atoms with Crippen LogP contribution in [-0.2, 0) is 0 Å². The van der Waals surface area contributed by atoms with Gasteiger partial charge in [-0.1, -0.05) is 22.9 Å². The lowest BCUT2D eigenvalue weighted by Crippen LogP contribution is -2.11. The molecule has 0 fully saturated rings. The minimum Gasteiger partial charge on any atom is -0.473 e. The van der Waals surface area contributed by atoms with Gasteiger partial charge < -0.3 is 4.74 Å². The quantitative estimate of drug-likeness (QED) is 0.862. The summed E-state index contributed by atoms with van der Waals surface area (Å²) in [6, 6.07) is 5.98. The van der Waals surface area contributed by atoms with Crippen LogP contribution in [0.3, 0.4) is 0 Å². The van der Waals surface area contributed by atoms with Gasteiger partial charge in [-0.05, 0) is 31.5 Å². The second kappa shape index (κ2) is 4.78. The van der Waals surface area contributed by atoms with Crippen LogP contribution < -0.4 is 4.74 Å². The topological polar surface area (TPSA) is 35.0 Å². The fourth-order valence-electron chi connectivity index (χ4n) is 1.39. The van der Waals surface area contributed by atoms with E-state index in [0.717, 1.165) is 21.7 Å². The number of hydrogen-bond acceptors (Lipinski definition) is 3. The highest BCUT2D eigenvalue weighted by Crippen LogP contribution is 2.25. The molecule has 1 atom stereocenters. The van der Waals surface area contributed by atoms with E-state index in [1.54, 1.807) is 6.20 Å². The van der Waals surface area contributed by atoms with Gasteiger partial charge in [0.2, 0.25) is 5.88 Å². The molecular formula is C12H13BrN2O. The predicted octanol–water partition coefficient (Wildman–Crippen LogP) is 3.57. The van der Waals surface area contributed by atoms with Crippen LogP contribution in [0.25, 0.3) is 10.8 Å². The zero-order valence-electron chi connectivity index (χ0n) is 9.27. The van der Waals surface area contributed by atoms with Crippen molar-refractivity contribution in [3.05, 3.63) is 28.9 Å². The Balaban J connectivity index is 2.45. The maximum Gasteiger partial charge on any atom is 0.241 e. The van der Waals surface area contributed by atoms with E-state index < -0.39 is 0 Å². The molecule has 0 spiro atoms. The van der Waals surface area contributed by atoms with E-state index in [1.807, 2.05) is 25.1 Å². The third-order valence-electron chi connectivity index (χ3n) is 2.48. The fraction of sp³-hybridized carbons (Fsp3) is 0.333. The zero-order chi connectivity index (χ0) is 11.5. The molecule has 0 radical (unpaired) electrons. The minimum atomic E-state index is 0.156. The van der Waals surface area contributed by atoms with Gasteiger partial charge in [-0.25, -0.2) is 0 Å². The van der Waals surface area contributed by atoms with Crippen LogP contribution in [-0.4, -0.2) is 16.3 Å². The van der Waals surface area contributed by atoms with Gasteiger partial charge in [0.15, 0.2) is 0 Å². The van der Waals surface area contributed by atoms with Crippen LogP contribution in [0.5, 0.6) is 5.88 Å². The first-order valence-corrected chi connectivity index (χ1v) is 6.07. The van der Waals surface area contributed by atoms with E-state index in [9.17, 15) is 0 Å². The van der Waals surface area contributed by atoms with Crippen LogP contribution in [0.2, 0.25) is 0 Å². The molecule has 0 aliphatic heterocycles. The minimum absolute atomic E-state index is 0.156. The lowest BCUT2D eigenvalue weighted by atomic mass is 10.2. The fourth-order valence-corrected chi connectivity index (χ4v) is 1.77. The van der Waals surface area contributed by atoms with Gasteiger partial charge in [0, 0.05) is 15.2 Å². The maximum absolute atomic E-state index is 5.73. The molecule has 0 aliphatic rings. The summed E-state index contributed by atoms with van der Waals surface area (Å²) >= 11 is 3.43. The summed E-state index contributed by atoms with van der Waals surface area (Å²) in [6.45, 7) is 4.11. The Morgan fingerprint density at radius 2 is 2.25 bits per heavy atom. The summed E-state index contributed by atoms with van der Waals surface area (Å²) in [5.74, 6) is 0.611. The first-order valence-electron chi connectivity index (χ1n) is 5.28. The summed E-state index contributed by atoms with van der Waals surface area (Å²) in [6.07, 6.45) is 2.85. The van der Waals surface area contributed by atoms with Gasteiger partial charge in [-0.3, -0.25) is 0 Å². The standard InChI is InChI=1S/C12H13BrN2O/c1-3-8(2)16-12-11-5-4-10(13)6-9(11)7-14-15-12/h4-8H,3H2,1-2H3. The Kier molecular flexibility index (Phi) is 3.39. The molecule has 1 aromatic carbocycles.